The first-order chi connectivity index (χ1) is 7.05. The van der Waals surface area contributed by atoms with E-state index in [0.717, 1.165) is 5.69 Å². The van der Waals surface area contributed by atoms with E-state index in [1.807, 2.05) is 12.1 Å². The first-order valence-electron chi connectivity index (χ1n) is 4.78. The third-order valence-electron chi connectivity index (χ3n) is 2.43. The van der Waals surface area contributed by atoms with Crippen LogP contribution in [-0.4, -0.2) is 26.0 Å². The van der Waals surface area contributed by atoms with Crippen LogP contribution >= 0.6 is 11.6 Å². The van der Waals surface area contributed by atoms with Crippen molar-refractivity contribution >= 4 is 27.1 Å². The van der Waals surface area contributed by atoms with Gasteiger partial charge in [0.25, 0.3) is 0 Å². The Balaban J connectivity index is 2.05. The number of halogens is 1. The third kappa shape index (κ3) is 2.86. The minimum atomic E-state index is -2.82. The van der Waals surface area contributed by atoms with Crippen molar-refractivity contribution in [3.05, 3.63) is 29.3 Å². The van der Waals surface area contributed by atoms with E-state index < -0.39 is 9.84 Å². The summed E-state index contributed by atoms with van der Waals surface area (Å²) < 4.78 is 22.5. The summed E-state index contributed by atoms with van der Waals surface area (Å²) in [6, 6.07) is 7.34. The number of rotatable bonds is 2. The first-order valence-corrected chi connectivity index (χ1v) is 6.98. The van der Waals surface area contributed by atoms with Crippen molar-refractivity contribution in [2.24, 2.45) is 0 Å². The first kappa shape index (κ1) is 10.8. The lowest BCUT2D eigenvalue weighted by Crippen LogP contribution is -2.20. The Morgan fingerprint density at radius 3 is 2.80 bits per heavy atom. The van der Waals surface area contributed by atoms with Crippen molar-refractivity contribution in [2.45, 2.75) is 12.5 Å². The van der Waals surface area contributed by atoms with Gasteiger partial charge in [-0.2, -0.15) is 0 Å². The molecule has 2 rings (SSSR count). The molecule has 1 fully saturated rings. The van der Waals surface area contributed by atoms with Gasteiger partial charge in [0.05, 0.1) is 11.5 Å². The van der Waals surface area contributed by atoms with Gasteiger partial charge in [-0.05, 0) is 24.6 Å². The predicted octanol–water partition coefficient (Wildman–Crippen LogP) is 1.94. The fourth-order valence-electron chi connectivity index (χ4n) is 1.72. The monoisotopic (exact) mass is 245 g/mol. The molecule has 0 aromatic heterocycles. The molecule has 1 N–H and O–H groups in total. The molecule has 0 spiro atoms. The highest BCUT2D eigenvalue weighted by Gasteiger charge is 2.27. The second-order valence-corrected chi connectivity index (χ2v) is 6.42. The fourth-order valence-corrected chi connectivity index (χ4v) is 3.59. The van der Waals surface area contributed by atoms with Crippen LogP contribution in [0.3, 0.4) is 0 Å². The molecule has 0 amide bonds. The molecular weight excluding hydrogens is 234 g/mol. The molecule has 0 radical (unpaired) electrons. The second kappa shape index (κ2) is 4.02. The van der Waals surface area contributed by atoms with Crippen LogP contribution in [0.4, 0.5) is 5.69 Å². The minimum absolute atomic E-state index is 0.0217. The average molecular weight is 246 g/mol. The summed E-state index contributed by atoms with van der Waals surface area (Å²) in [5.41, 5.74) is 0.879. The quantitative estimate of drug-likeness (QED) is 0.866. The van der Waals surface area contributed by atoms with Gasteiger partial charge in [-0.3, -0.25) is 0 Å². The van der Waals surface area contributed by atoms with Crippen molar-refractivity contribution in [1.82, 2.24) is 0 Å². The predicted molar refractivity (Wildman–Crippen MR) is 62.1 cm³/mol. The van der Waals surface area contributed by atoms with E-state index in [1.54, 1.807) is 12.1 Å². The molecule has 0 unspecified atom stereocenters. The number of nitrogens with one attached hydrogen (secondary N) is 1. The maximum atomic E-state index is 11.2. The molecule has 1 aromatic carbocycles. The van der Waals surface area contributed by atoms with E-state index in [1.165, 1.54) is 0 Å². The molecule has 0 aliphatic carbocycles. The number of anilines is 1. The Bertz CT molecular complexity index is 458. The smallest absolute Gasteiger partial charge is 0.152 e. The molecule has 0 saturated carbocycles. The molecule has 3 nitrogen and oxygen atoms in total. The molecule has 1 aliphatic rings. The fraction of sp³-hybridized carbons (Fsp3) is 0.400. The van der Waals surface area contributed by atoms with Crippen LogP contribution in [0.15, 0.2) is 24.3 Å². The van der Waals surface area contributed by atoms with Gasteiger partial charge in [0.15, 0.2) is 9.84 Å². The van der Waals surface area contributed by atoms with E-state index >= 15 is 0 Å². The van der Waals surface area contributed by atoms with Crippen LogP contribution in [0.25, 0.3) is 0 Å². The van der Waals surface area contributed by atoms with Gasteiger partial charge >= 0.3 is 0 Å². The largest absolute Gasteiger partial charge is 0.381 e. The van der Waals surface area contributed by atoms with Crippen LogP contribution in [0.2, 0.25) is 5.02 Å². The molecule has 1 aromatic rings. The van der Waals surface area contributed by atoms with Crippen LogP contribution < -0.4 is 5.32 Å². The lowest BCUT2D eigenvalue weighted by atomic mass is 10.2. The molecular formula is C10H12ClNO2S. The molecule has 15 heavy (non-hydrogen) atoms. The van der Waals surface area contributed by atoms with Gasteiger partial charge < -0.3 is 5.32 Å². The van der Waals surface area contributed by atoms with Gasteiger partial charge in [0.2, 0.25) is 0 Å². The highest BCUT2D eigenvalue weighted by atomic mass is 35.5. The molecule has 0 bridgehead atoms. The van der Waals surface area contributed by atoms with Crippen molar-refractivity contribution in [3.63, 3.8) is 0 Å². The zero-order valence-electron chi connectivity index (χ0n) is 8.11. The molecule has 5 heteroatoms. The van der Waals surface area contributed by atoms with E-state index in [0.29, 0.717) is 11.4 Å². The number of sulfone groups is 1. The van der Waals surface area contributed by atoms with Crippen molar-refractivity contribution in [1.29, 1.82) is 0 Å². The second-order valence-electron chi connectivity index (χ2n) is 3.75. The lowest BCUT2D eigenvalue weighted by molar-refractivity contribution is 0.602. The average Bonchev–Trinajstić information content (AvgIpc) is 2.45. The summed E-state index contributed by atoms with van der Waals surface area (Å²) in [6.45, 7) is 0. The lowest BCUT2D eigenvalue weighted by Gasteiger charge is -2.12. The van der Waals surface area contributed by atoms with E-state index in [2.05, 4.69) is 5.32 Å². The molecule has 1 atom stereocenters. The molecule has 82 valence electrons. The third-order valence-corrected chi connectivity index (χ3v) is 4.43. The Morgan fingerprint density at radius 2 is 2.20 bits per heavy atom. The maximum Gasteiger partial charge on any atom is 0.152 e. The highest BCUT2D eigenvalue weighted by Crippen LogP contribution is 2.20. The summed E-state index contributed by atoms with van der Waals surface area (Å²) in [5, 5.41) is 3.83. The molecule has 1 saturated heterocycles. The van der Waals surface area contributed by atoms with Gasteiger partial charge in [-0.15, -0.1) is 0 Å². The summed E-state index contributed by atoms with van der Waals surface area (Å²) in [6.07, 6.45) is 0.675. The molecule has 1 heterocycles. The van der Waals surface area contributed by atoms with Gasteiger partial charge in [0.1, 0.15) is 0 Å². The Morgan fingerprint density at radius 1 is 1.40 bits per heavy atom. The van der Waals surface area contributed by atoms with Crippen LogP contribution in [-0.2, 0) is 9.84 Å². The van der Waals surface area contributed by atoms with Crippen molar-refractivity contribution in [2.75, 3.05) is 16.8 Å². The summed E-state index contributed by atoms with van der Waals surface area (Å²) in [4.78, 5) is 0. The number of hydrogen-bond acceptors (Lipinski definition) is 3. The Hall–Kier alpha value is -0.740. The van der Waals surface area contributed by atoms with Crippen LogP contribution in [0.5, 0.6) is 0 Å². The van der Waals surface area contributed by atoms with Gasteiger partial charge in [0, 0.05) is 16.8 Å². The maximum absolute atomic E-state index is 11.2. The van der Waals surface area contributed by atoms with Gasteiger partial charge in [-0.25, -0.2) is 8.42 Å². The molecule has 1 aliphatic heterocycles. The topological polar surface area (TPSA) is 46.2 Å². The van der Waals surface area contributed by atoms with Crippen molar-refractivity contribution < 1.29 is 8.42 Å². The normalized spacial score (nSPS) is 23.9. The zero-order chi connectivity index (χ0) is 10.9. The summed E-state index contributed by atoms with van der Waals surface area (Å²) in [7, 11) is -2.82. The van der Waals surface area contributed by atoms with E-state index in [-0.39, 0.29) is 17.5 Å². The summed E-state index contributed by atoms with van der Waals surface area (Å²) in [5.74, 6) is 0.505. The van der Waals surface area contributed by atoms with E-state index in [4.69, 9.17) is 11.6 Å². The Kier molecular flexibility index (Phi) is 2.89. The van der Waals surface area contributed by atoms with E-state index in [9.17, 15) is 8.42 Å². The SMILES string of the molecule is O=S1(=O)CC[C@@H](Nc2cccc(Cl)c2)C1. The number of benzene rings is 1. The van der Waals surface area contributed by atoms with Crippen molar-refractivity contribution in [3.8, 4) is 0 Å². The Labute approximate surface area is 94.4 Å². The zero-order valence-corrected chi connectivity index (χ0v) is 9.68. The standard InChI is InChI=1S/C10H12ClNO2S/c11-8-2-1-3-9(6-8)12-10-4-5-15(13,14)7-10/h1-3,6,10,12H,4-5,7H2/t10-/m1/s1. The van der Waals surface area contributed by atoms with Crippen LogP contribution in [0, 0.1) is 0 Å². The van der Waals surface area contributed by atoms with Crippen LogP contribution in [0.1, 0.15) is 6.42 Å². The highest BCUT2D eigenvalue weighted by molar-refractivity contribution is 7.91. The number of hydrogen-bond donors (Lipinski definition) is 1. The van der Waals surface area contributed by atoms with Gasteiger partial charge in [-0.1, -0.05) is 17.7 Å². The summed E-state index contributed by atoms with van der Waals surface area (Å²) >= 11 is 5.83. The minimum Gasteiger partial charge on any atom is -0.381 e.